The minimum atomic E-state index is -0.231. The molecule has 0 aliphatic carbocycles. The van der Waals surface area contributed by atoms with E-state index in [-0.39, 0.29) is 35.6 Å². The second kappa shape index (κ2) is 7.58. The van der Waals surface area contributed by atoms with Gasteiger partial charge in [0.15, 0.2) is 0 Å². The number of amides is 2. The van der Waals surface area contributed by atoms with Crippen LogP contribution in [0.4, 0.5) is 4.39 Å². The summed E-state index contributed by atoms with van der Waals surface area (Å²) in [6.45, 7) is 3.93. The summed E-state index contributed by atoms with van der Waals surface area (Å²) in [4.78, 5) is 28.8. The first-order valence-corrected chi connectivity index (χ1v) is 10.1. The Kier molecular flexibility index (Phi) is 5.17. The number of hydrogen-bond donors (Lipinski definition) is 1. The van der Waals surface area contributed by atoms with Crippen molar-refractivity contribution in [2.75, 3.05) is 19.6 Å². The average Bonchev–Trinajstić information content (AvgIpc) is 2.96. The van der Waals surface area contributed by atoms with Gasteiger partial charge in [0.05, 0.1) is 5.92 Å². The number of piperidine rings is 1. The van der Waals surface area contributed by atoms with Crippen LogP contribution in [0.25, 0.3) is 0 Å². The number of benzene rings is 1. The average molecular weight is 373 g/mol. The molecule has 0 saturated carbocycles. The third-order valence-corrected chi connectivity index (χ3v) is 6.58. The largest absolute Gasteiger partial charge is 0.356 e. The number of carbonyl (C=O) groups is 2. The van der Waals surface area contributed by atoms with E-state index in [0.29, 0.717) is 6.04 Å². The smallest absolute Gasteiger partial charge is 0.224 e. The lowest BCUT2D eigenvalue weighted by molar-refractivity contribution is -0.130. The van der Waals surface area contributed by atoms with Crippen molar-refractivity contribution >= 4 is 11.8 Å². The molecular formula is C21H28FN3O2. The normalized spacial score (nSPS) is 29.9. The number of nitrogens with zero attached hydrogens (tertiary/aromatic N) is 2. The van der Waals surface area contributed by atoms with Crippen molar-refractivity contribution in [3.05, 3.63) is 35.6 Å². The fourth-order valence-electron chi connectivity index (χ4n) is 5.24. The van der Waals surface area contributed by atoms with E-state index in [2.05, 4.69) is 10.2 Å². The van der Waals surface area contributed by atoms with Crippen molar-refractivity contribution in [1.82, 2.24) is 15.1 Å². The van der Waals surface area contributed by atoms with Crippen LogP contribution in [-0.4, -0.2) is 53.3 Å². The molecule has 0 spiro atoms. The van der Waals surface area contributed by atoms with Gasteiger partial charge in [0.2, 0.25) is 11.8 Å². The molecule has 3 heterocycles. The first-order chi connectivity index (χ1) is 13.0. The molecule has 146 valence electrons. The van der Waals surface area contributed by atoms with Gasteiger partial charge in [-0.25, -0.2) is 4.39 Å². The number of nitrogens with one attached hydrogen (secondary N) is 1. The lowest BCUT2D eigenvalue weighted by Gasteiger charge is -2.42. The van der Waals surface area contributed by atoms with Crippen LogP contribution in [0, 0.1) is 11.7 Å². The molecule has 1 N–H and O–H groups in total. The molecular weight excluding hydrogens is 345 g/mol. The van der Waals surface area contributed by atoms with E-state index >= 15 is 0 Å². The second-order valence-electron chi connectivity index (χ2n) is 8.09. The molecule has 0 bridgehead atoms. The molecule has 0 aromatic heterocycles. The fourth-order valence-corrected chi connectivity index (χ4v) is 5.24. The van der Waals surface area contributed by atoms with Gasteiger partial charge in [-0.2, -0.15) is 0 Å². The Morgan fingerprint density at radius 2 is 1.85 bits per heavy atom. The highest BCUT2D eigenvalue weighted by atomic mass is 19.1. The molecule has 3 aliphatic rings. The Morgan fingerprint density at radius 3 is 2.52 bits per heavy atom. The zero-order valence-corrected chi connectivity index (χ0v) is 15.9. The van der Waals surface area contributed by atoms with E-state index in [0.717, 1.165) is 57.3 Å². The van der Waals surface area contributed by atoms with Crippen molar-refractivity contribution in [3.8, 4) is 0 Å². The van der Waals surface area contributed by atoms with Gasteiger partial charge < -0.3 is 10.2 Å². The molecule has 27 heavy (non-hydrogen) atoms. The quantitative estimate of drug-likeness (QED) is 0.867. The van der Waals surface area contributed by atoms with Crippen LogP contribution in [0.15, 0.2) is 24.3 Å². The van der Waals surface area contributed by atoms with E-state index in [1.165, 1.54) is 12.1 Å². The van der Waals surface area contributed by atoms with Crippen molar-refractivity contribution in [1.29, 1.82) is 0 Å². The highest BCUT2D eigenvalue weighted by Crippen LogP contribution is 2.45. The van der Waals surface area contributed by atoms with Gasteiger partial charge >= 0.3 is 0 Å². The van der Waals surface area contributed by atoms with Gasteiger partial charge in [-0.15, -0.1) is 0 Å². The zero-order chi connectivity index (χ0) is 19.0. The Labute approximate surface area is 159 Å². The molecule has 1 aromatic carbocycles. The molecule has 0 unspecified atom stereocenters. The molecule has 3 atom stereocenters. The van der Waals surface area contributed by atoms with E-state index in [1.807, 2.05) is 17.0 Å². The summed E-state index contributed by atoms with van der Waals surface area (Å²) in [5, 5.41) is 3.06. The molecule has 1 aromatic rings. The standard InChI is InChI=1S/C21H28FN3O2/c1-14(26)24-11-8-17(9-12-24)25-19-3-2-10-23-21(27)18(19)13-20(25)15-4-6-16(22)7-5-15/h4-7,17-20H,2-3,8-13H2,1H3,(H,23,27)/t18-,19+,20+/m1/s1. The predicted molar refractivity (Wildman–Crippen MR) is 100 cm³/mol. The van der Waals surface area contributed by atoms with E-state index in [9.17, 15) is 14.0 Å². The molecule has 3 saturated heterocycles. The van der Waals surface area contributed by atoms with Crippen LogP contribution >= 0.6 is 0 Å². The third-order valence-electron chi connectivity index (χ3n) is 6.58. The molecule has 5 nitrogen and oxygen atoms in total. The Bertz CT molecular complexity index is 700. The number of fused-ring (bicyclic) bond motifs is 1. The highest BCUT2D eigenvalue weighted by Gasteiger charge is 2.48. The number of hydrogen-bond acceptors (Lipinski definition) is 3. The summed E-state index contributed by atoms with van der Waals surface area (Å²) < 4.78 is 13.4. The van der Waals surface area contributed by atoms with Crippen LogP contribution < -0.4 is 5.32 Å². The maximum absolute atomic E-state index is 13.4. The lowest BCUT2D eigenvalue weighted by atomic mass is 9.94. The topological polar surface area (TPSA) is 52.7 Å². The van der Waals surface area contributed by atoms with Gasteiger partial charge in [-0.3, -0.25) is 14.5 Å². The summed E-state index contributed by atoms with van der Waals surface area (Å²) in [5.74, 6) is 0.0587. The van der Waals surface area contributed by atoms with Crippen molar-refractivity contribution in [2.45, 2.75) is 57.2 Å². The van der Waals surface area contributed by atoms with E-state index in [1.54, 1.807) is 6.92 Å². The Morgan fingerprint density at radius 1 is 1.15 bits per heavy atom. The SMILES string of the molecule is CC(=O)N1CCC(N2[C@H](c3ccc(F)cc3)C[C@H]3C(=O)NCCC[C@@H]32)CC1. The van der Waals surface area contributed by atoms with Gasteiger partial charge in [-0.1, -0.05) is 12.1 Å². The van der Waals surface area contributed by atoms with Crippen LogP contribution in [0.3, 0.4) is 0 Å². The van der Waals surface area contributed by atoms with Crippen LogP contribution in [-0.2, 0) is 9.59 Å². The summed E-state index contributed by atoms with van der Waals surface area (Å²) in [6, 6.07) is 7.48. The molecule has 4 rings (SSSR count). The first kappa shape index (κ1) is 18.4. The minimum absolute atomic E-state index is 0.00612. The predicted octanol–water partition coefficient (Wildman–Crippen LogP) is 2.48. The third kappa shape index (κ3) is 3.59. The first-order valence-electron chi connectivity index (χ1n) is 10.1. The summed E-state index contributed by atoms with van der Waals surface area (Å²) in [6.07, 6.45) is 4.65. The fraction of sp³-hybridized carbons (Fsp3) is 0.619. The van der Waals surface area contributed by atoms with Gasteiger partial charge in [0.1, 0.15) is 5.82 Å². The van der Waals surface area contributed by atoms with Crippen molar-refractivity contribution in [2.24, 2.45) is 5.92 Å². The van der Waals surface area contributed by atoms with Crippen LogP contribution in [0.5, 0.6) is 0 Å². The lowest BCUT2D eigenvalue weighted by Crippen LogP contribution is -2.49. The number of halogens is 1. The van der Waals surface area contributed by atoms with Crippen molar-refractivity contribution < 1.29 is 14.0 Å². The Balaban J connectivity index is 1.62. The van der Waals surface area contributed by atoms with Crippen LogP contribution in [0.1, 0.15) is 50.6 Å². The van der Waals surface area contributed by atoms with Gasteiger partial charge in [0.25, 0.3) is 0 Å². The molecule has 3 aliphatic heterocycles. The highest BCUT2D eigenvalue weighted by molar-refractivity contribution is 5.80. The van der Waals surface area contributed by atoms with Gasteiger partial charge in [-0.05, 0) is 49.8 Å². The molecule has 2 amide bonds. The summed E-state index contributed by atoms with van der Waals surface area (Å²) in [7, 11) is 0. The molecule has 6 heteroatoms. The van der Waals surface area contributed by atoms with Gasteiger partial charge in [0, 0.05) is 44.7 Å². The minimum Gasteiger partial charge on any atom is -0.356 e. The van der Waals surface area contributed by atoms with Crippen LogP contribution in [0.2, 0.25) is 0 Å². The monoisotopic (exact) mass is 373 g/mol. The summed E-state index contributed by atoms with van der Waals surface area (Å²) >= 11 is 0. The number of rotatable bonds is 2. The van der Waals surface area contributed by atoms with E-state index in [4.69, 9.17) is 0 Å². The maximum atomic E-state index is 13.4. The van der Waals surface area contributed by atoms with Crippen molar-refractivity contribution in [3.63, 3.8) is 0 Å². The van der Waals surface area contributed by atoms with E-state index < -0.39 is 0 Å². The maximum Gasteiger partial charge on any atom is 0.224 e. The molecule has 3 fully saturated rings. The number of likely N-dealkylation sites (tertiary alicyclic amines) is 2. The second-order valence-corrected chi connectivity index (χ2v) is 8.09. The Hall–Kier alpha value is -1.95. The zero-order valence-electron chi connectivity index (χ0n) is 15.9. The molecule has 0 radical (unpaired) electrons. The number of carbonyl (C=O) groups excluding carboxylic acids is 2. The summed E-state index contributed by atoms with van der Waals surface area (Å²) in [5.41, 5.74) is 1.09.